The second-order valence-corrected chi connectivity index (χ2v) is 9.02. The van der Waals surface area contributed by atoms with Crippen LogP contribution in [0.5, 0.6) is 5.88 Å². The first kappa shape index (κ1) is 23.9. The fourth-order valence-corrected chi connectivity index (χ4v) is 4.12. The van der Waals surface area contributed by atoms with Gasteiger partial charge in [-0.25, -0.2) is 23.0 Å². The van der Waals surface area contributed by atoms with Gasteiger partial charge in [-0.05, 0) is 60.0 Å². The minimum atomic E-state index is -1.86. The summed E-state index contributed by atoms with van der Waals surface area (Å²) in [7, 11) is 1.49. The van der Waals surface area contributed by atoms with Crippen LogP contribution in [0.4, 0.5) is 20.3 Å². The number of rotatable bonds is 9. The lowest BCUT2D eigenvalue weighted by molar-refractivity contribution is 0.400. The van der Waals surface area contributed by atoms with Crippen LogP contribution in [0.25, 0.3) is 22.0 Å². The van der Waals surface area contributed by atoms with E-state index in [0.29, 0.717) is 23.9 Å². The molecule has 0 aliphatic heterocycles. The molecule has 1 unspecified atom stereocenters. The summed E-state index contributed by atoms with van der Waals surface area (Å²) in [4.78, 5) is 9.10. The molecule has 2 heterocycles. The number of nitrogens with zero attached hydrogens (tertiary/aromatic N) is 2. The van der Waals surface area contributed by atoms with Crippen LogP contribution in [0.3, 0.4) is 0 Å². The van der Waals surface area contributed by atoms with E-state index in [2.05, 4.69) is 20.0 Å². The van der Waals surface area contributed by atoms with Gasteiger partial charge in [0.1, 0.15) is 23.1 Å². The molecule has 0 fully saturated rings. The Morgan fingerprint density at radius 3 is 2.71 bits per heavy atom. The quantitative estimate of drug-likeness (QED) is 0.209. The van der Waals surface area contributed by atoms with E-state index in [1.165, 1.54) is 19.2 Å². The predicted octanol–water partition coefficient (Wildman–Crippen LogP) is 5.34. The minimum Gasteiger partial charge on any atom is -0.480 e. The number of benzene rings is 2. The Hall–Kier alpha value is -3.28. The van der Waals surface area contributed by atoms with Gasteiger partial charge in [0, 0.05) is 29.8 Å². The van der Waals surface area contributed by atoms with Crippen molar-refractivity contribution in [3.63, 3.8) is 0 Å². The molecule has 0 aliphatic rings. The minimum absolute atomic E-state index is 0.117. The Balaban J connectivity index is 1.55. The van der Waals surface area contributed by atoms with E-state index in [-0.39, 0.29) is 10.6 Å². The average molecular weight is 503 g/mol. The largest absolute Gasteiger partial charge is 0.480 e. The zero-order chi connectivity index (χ0) is 24.1. The van der Waals surface area contributed by atoms with Crippen LogP contribution in [0, 0.1) is 11.6 Å². The molecule has 4 rings (SSSR count). The summed E-state index contributed by atoms with van der Waals surface area (Å²) in [6, 6.07) is 14.7. The molecule has 7 nitrogen and oxygen atoms in total. The number of hydrogen-bond donors (Lipinski definition) is 3. The van der Waals surface area contributed by atoms with E-state index in [4.69, 9.17) is 9.29 Å². The second-order valence-electron chi connectivity index (χ2n) is 7.12. The van der Waals surface area contributed by atoms with Crippen LogP contribution in [0.1, 0.15) is 0 Å². The maximum absolute atomic E-state index is 14.0. The third-order valence-electron chi connectivity index (χ3n) is 4.81. The van der Waals surface area contributed by atoms with Gasteiger partial charge in [0.15, 0.2) is 11.1 Å². The topological polar surface area (TPSA) is 96.4 Å². The summed E-state index contributed by atoms with van der Waals surface area (Å²) in [5, 5.41) is 3.93. The van der Waals surface area contributed by atoms with Gasteiger partial charge in [-0.3, -0.25) is 0 Å². The van der Waals surface area contributed by atoms with Crippen molar-refractivity contribution in [3.8, 4) is 17.0 Å². The van der Waals surface area contributed by atoms with E-state index >= 15 is 0 Å². The summed E-state index contributed by atoms with van der Waals surface area (Å²) in [5.74, 6) is -0.237. The van der Waals surface area contributed by atoms with Gasteiger partial charge in [0.05, 0.1) is 23.3 Å². The Morgan fingerprint density at radius 2 is 1.94 bits per heavy atom. The van der Waals surface area contributed by atoms with Gasteiger partial charge in [-0.2, -0.15) is 0 Å². The van der Waals surface area contributed by atoms with E-state index in [1.807, 2.05) is 30.3 Å². The molecule has 2 aromatic heterocycles. The molecule has 0 spiro atoms. The lowest BCUT2D eigenvalue weighted by Crippen LogP contribution is -2.10. The van der Waals surface area contributed by atoms with Gasteiger partial charge >= 0.3 is 0 Å². The lowest BCUT2D eigenvalue weighted by Gasteiger charge is -2.12. The number of anilines is 2. The molecule has 34 heavy (non-hydrogen) atoms. The first-order chi connectivity index (χ1) is 16.4. The molecule has 0 saturated carbocycles. The fraction of sp³-hybridized carbons (Fsp3) is 0.130. The first-order valence-electron chi connectivity index (χ1n) is 10.1. The molecule has 176 valence electrons. The van der Waals surface area contributed by atoms with Crippen LogP contribution in [-0.2, 0) is 11.1 Å². The smallest absolute Gasteiger partial charge is 0.237 e. The van der Waals surface area contributed by atoms with Gasteiger partial charge in [0.2, 0.25) is 5.88 Å². The van der Waals surface area contributed by atoms with E-state index < -0.39 is 22.7 Å². The van der Waals surface area contributed by atoms with Crippen molar-refractivity contribution < 1.29 is 22.3 Å². The van der Waals surface area contributed by atoms with Crippen molar-refractivity contribution in [2.24, 2.45) is 0 Å². The summed E-state index contributed by atoms with van der Waals surface area (Å²) >= 11 is -0.864. The highest BCUT2D eigenvalue weighted by atomic mass is 32.2. The summed E-state index contributed by atoms with van der Waals surface area (Å²) < 4.78 is 55.1. The van der Waals surface area contributed by atoms with Crippen LogP contribution in [0.2, 0.25) is 0 Å². The normalized spacial score (nSPS) is 11.9. The van der Waals surface area contributed by atoms with Crippen molar-refractivity contribution in [3.05, 3.63) is 72.4 Å². The number of halogens is 2. The maximum Gasteiger partial charge on any atom is 0.237 e. The number of aromatic nitrogens is 2. The molecular formula is C23H20F2N4O3S2. The van der Waals surface area contributed by atoms with Crippen LogP contribution in [0.15, 0.2) is 65.7 Å². The van der Waals surface area contributed by atoms with Crippen LogP contribution < -0.4 is 14.8 Å². The molecule has 0 amide bonds. The van der Waals surface area contributed by atoms with Crippen LogP contribution in [-0.4, -0.2) is 38.1 Å². The highest BCUT2D eigenvalue weighted by molar-refractivity contribution is 8.00. The second kappa shape index (κ2) is 10.8. The standard InChI is InChI=1S/C23H20F2N4O3S2/c1-32-23-20(29-33-21-6-4-17(24)12-18(21)25)11-16(13-27-23)14-2-5-19-15(10-14)3-7-22(28-19)26-8-9-34(30)31/h2-7,10-13,29H,8-9H2,1H3,(H,26,28)(H,30,31). The monoisotopic (exact) mass is 502 g/mol. The third kappa shape index (κ3) is 5.79. The number of pyridine rings is 2. The number of hydrogen-bond acceptors (Lipinski definition) is 7. The van der Waals surface area contributed by atoms with Crippen molar-refractivity contribution in [1.29, 1.82) is 0 Å². The molecule has 0 bridgehead atoms. The molecule has 2 aromatic carbocycles. The average Bonchev–Trinajstić information content (AvgIpc) is 2.82. The number of methoxy groups -OCH3 is 1. The molecule has 0 aliphatic carbocycles. The Morgan fingerprint density at radius 1 is 1.09 bits per heavy atom. The van der Waals surface area contributed by atoms with Crippen molar-refractivity contribution in [2.45, 2.75) is 4.90 Å². The molecule has 0 saturated heterocycles. The lowest BCUT2D eigenvalue weighted by atomic mass is 10.0. The zero-order valence-corrected chi connectivity index (χ0v) is 19.6. The van der Waals surface area contributed by atoms with Crippen molar-refractivity contribution in [2.75, 3.05) is 29.4 Å². The number of fused-ring (bicyclic) bond motifs is 1. The molecule has 0 radical (unpaired) electrons. The Bertz CT molecular complexity index is 1360. The van der Waals surface area contributed by atoms with E-state index in [9.17, 15) is 13.0 Å². The summed E-state index contributed by atoms with van der Waals surface area (Å²) in [5.41, 5.74) is 2.99. The van der Waals surface area contributed by atoms with E-state index in [1.54, 1.807) is 12.3 Å². The highest BCUT2D eigenvalue weighted by Gasteiger charge is 2.11. The molecule has 1 atom stereocenters. The SMILES string of the molecule is COc1ncc(-c2ccc3nc(NCCS(=O)O)ccc3c2)cc1NSc1ccc(F)cc1F. The third-order valence-corrected chi connectivity index (χ3v) is 6.24. The summed E-state index contributed by atoms with van der Waals surface area (Å²) in [6.45, 7) is 0.340. The molecule has 11 heteroatoms. The Labute approximate surface area is 201 Å². The van der Waals surface area contributed by atoms with Crippen LogP contribution >= 0.6 is 11.9 Å². The Kier molecular flexibility index (Phi) is 7.56. The first-order valence-corrected chi connectivity index (χ1v) is 12.2. The highest BCUT2D eigenvalue weighted by Crippen LogP contribution is 2.33. The van der Waals surface area contributed by atoms with E-state index in [0.717, 1.165) is 40.0 Å². The van der Waals surface area contributed by atoms with Crippen molar-refractivity contribution in [1.82, 2.24) is 9.97 Å². The number of nitrogens with one attached hydrogen (secondary N) is 2. The predicted molar refractivity (Wildman–Crippen MR) is 131 cm³/mol. The van der Waals surface area contributed by atoms with Crippen molar-refractivity contribution >= 4 is 45.4 Å². The van der Waals surface area contributed by atoms with Gasteiger partial charge in [-0.1, -0.05) is 6.07 Å². The summed E-state index contributed by atoms with van der Waals surface area (Å²) in [6.07, 6.45) is 1.67. The molecule has 4 aromatic rings. The van der Waals surface area contributed by atoms with Gasteiger partial charge < -0.3 is 19.3 Å². The maximum atomic E-state index is 14.0. The fourth-order valence-electron chi connectivity index (χ4n) is 3.18. The van der Waals surface area contributed by atoms with Gasteiger partial charge in [-0.15, -0.1) is 0 Å². The molecular weight excluding hydrogens is 482 g/mol. The molecule has 3 N–H and O–H groups in total. The van der Waals surface area contributed by atoms with Gasteiger partial charge in [0.25, 0.3) is 0 Å². The zero-order valence-electron chi connectivity index (χ0n) is 17.9. The number of ether oxygens (including phenoxy) is 1.